The first-order valence-corrected chi connectivity index (χ1v) is 12.4. The number of carbonyl (C=O) groups is 2. The van der Waals surface area contributed by atoms with Crippen LogP contribution >= 0.6 is 0 Å². The summed E-state index contributed by atoms with van der Waals surface area (Å²) in [5.41, 5.74) is 1.59. The van der Waals surface area contributed by atoms with Gasteiger partial charge >= 0.3 is 11.8 Å². The first-order chi connectivity index (χ1) is 14.3. The van der Waals surface area contributed by atoms with Crippen molar-refractivity contribution < 1.29 is 18.0 Å². The monoisotopic (exact) mass is 435 g/mol. The maximum atomic E-state index is 13.2. The molecule has 1 aromatic rings. The summed E-state index contributed by atoms with van der Waals surface area (Å²) in [7, 11) is -3.65. The highest BCUT2D eigenvalue weighted by atomic mass is 32.2. The molecule has 1 saturated carbocycles. The second-order valence-electron chi connectivity index (χ2n) is 8.55. The lowest BCUT2D eigenvalue weighted by Crippen LogP contribution is -2.48. The lowest BCUT2D eigenvalue weighted by Gasteiger charge is -2.25. The molecule has 0 bridgehead atoms. The van der Waals surface area contributed by atoms with Crippen LogP contribution in [0.25, 0.3) is 0 Å². The quantitative estimate of drug-likeness (QED) is 0.548. The normalized spacial score (nSPS) is 21.2. The number of carbonyl (C=O) groups excluding carboxylic acids is 2. The summed E-state index contributed by atoms with van der Waals surface area (Å²) in [5.74, 6) is -1.31. The van der Waals surface area contributed by atoms with E-state index in [0.717, 1.165) is 37.7 Å². The van der Waals surface area contributed by atoms with Gasteiger partial charge in [0.15, 0.2) is 0 Å². The number of nitrogens with zero attached hydrogens (tertiary/aromatic N) is 1. The number of sulfonamides is 1. The van der Waals surface area contributed by atoms with Crippen LogP contribution in [0, 0.1) is 13.8 Å². The summed E-state index contributed by atoms with van der Waals surface area (Å²) < 4.78 is 27.9. The molecule has 1 atom stereocenters. The maximum Gasteiger partial charge on any atom is 0.309 e. The molecule has 2 N–H and O–H groups in total. The van der Waals surface area contributed by atoms with Crippen LogP contribution in [0.1, 0.15) is 62.5 Å². The van der Waals surface area contributed by atoms with Crippen LogP contribution in [0.3, 0.4) is 0 Å². The third-order valence-corrected chi connectivity index (χ3v) is 8.24. The Morgan fingerprint density at radius 3 is 2.40 bits per heavy atom. The summed E-state index contributed by atoms with van der Waals surface area (Å²) >= 11 is 0. The van der Waals surface area contributed by atoms with E-state index in [0.29, 0.717) is 23.4 Å². The molecule has 2 fully saturated rings. The molecule has 1 saturated heterocycles. The molecular formula is C22H33N3O4S. The Hall–Kier alpha value is -1.93. The minimum Gasteiger partial charge on any atom is -0.346 e. The van der Waals surface area contributed by atoms with Crippen LogP contribution in [0.5, 0.6) is 0 Å². The summed E-state index contributed by atoms with van der Waals surface area (Å²) in [4.78, 5) is 24.9. The van der Waals surface area contributed by atoms with Gasteiger partial charge in [-0.2, -0.15) is 4.31 Å². The van der Waals surface area contributed by atoms with Crippen molar-refractivity contribution in [3.63, 3.8) is 0 Å². The van der Waals surface area contributed by atoms with Crippen molar-refractivity contribution >= 4 is 21.8 Å². The van der Waals surface area contributed by atoms with Crippen molar-refractivity contribution in [1.29, 1.82) is 0 Å². The van der Waals surface area contributed by atoms with Crippen molar-refractivity contribution in [2.24, 2.45) is 0 Å². The zero-order valence-electron chi connectivity index (χ0n) is 17.9. The van der Waals surface area contributed by atoms with Crippen molar-refractivity contribution in [3.05, 3.63) is 29.3 Å². The molecule has 1 heterocycles. The van der Waals surface area contributed by atoms with E-state index in [-0.39, 0.29) is 18.6 Å². The van der Waals surface area contributed by atoms with Crippen LogP contribution in [-0.2, 0) is 19.6 Å². The molecule has 2 amide bonds. The highest BCUT2D eigenvalue weighted by Crippen LogP contribution is 2.28. The van der Waals surface area contributed by atoms with Gasteiger partial charge in [-0.3, -0.25) is 9.59 Å². The van der Waals surface area contributed by atoms with Crippen molar-refractivity contribution in [1.82, 2.24) is 14.9 Å². The van der Waals surface area contributed by atoms with E-state index < -0.39 is 21.8 Å². The van der Waals surface area contributed by atoms with E-state index in [1.165, 1.54) is 17.1 Å². The number of aryl methyl sites for hydroxylation is 2. The number of hydrogen-bond donors (Lipinski definition) is 2. The van der Waals surface area contributed by atoms with Gasteiger partial charge in [0.1, 0.15) is 0 Å². The molecule has 30 heavy (non-hydrogen) atoms. The zero-order valence-corrected chi connectivity index (χ0v) is 18.8. The van der Waals surface area contributed by atoms with Gasteiger partial charge in [-0.1, -0.05) is 37.8 Å². The summed E-state index contributed by atoms with van der Waals surface area (Å²) in [6.07, 6.45) is 7.69. The van der Waals surface area contributed by atoms with Gasteiger partial charge in [-0.15, -0.1) is 0 Å². The van der Waals surface area contributed by atoms with Gasteiger partial charge in [0.2, 0.25) is 10.0 Å². The molecule has 1 aromatic carbocycles. The highest BCUT2D eigenvalue weighted by molar-refractivity contribution is 7.89. The summed E-state index contributed by atoms with van der Waals surface area (Å²) in [5, 5.41) is 5.48. The third kappa shape index (κ3) is 5.40. The molecule has 1 aliphatic carbocycles. The fourth-order valence-corrected chi connectivity index (χ4v) is 6.41. The molecule has 0 radical (unpaired) electrons. The Labute approximate surface area is 179 Å². The van der Waals surface area contributed by atoms with Gasteiger partial charge in [-0.05, 0) is 56.7 Å². The van der Waals surface area contributed by atoms with Crippen molar-refractivity contribution in [2.75, 3.05) is 13.1 Å². The predicted octanol–water partition coefficient (Wildman–Crippen LogP) is 2.41. The molecular weight excluding hydrogens is 402 g/mol. The van der Waals surface area contributed by atoms with Gasteiger partial charge in [-0.25, -0.2) is 8.42 Å². The van der Waals surface area contributed by atoms with Crippen LogP contribution < -0.4 is 10.6 Å². The van der Waals surface area contributed by atoms with Crippen LogP contribution in [-0.4, -0.2) is 49.7 Å². The van der Waals surface area contributed by atoms with Gasteiger partial charge < -0.3 is 10.6 Å². The largest absolute Gasteiger partial charge is 0.346 e. The average Bonchev–Trinajstić information content (AvgIpc) is 3.05. The molecule has 7 nitrogen and oxygen atoms in total. The highest BCUT2D eigenvalue weighted by Gasteiger charge is 2.36. The second-order valence-corrected chi connectivity index (χ2v) is 10.4. The third-order valence-electron chi connectivity index (χ3n) is 6.15. The standard InChI is InChI=1S/C22H33N3O4S/c1-16-11-12-17(2)20(14-16)30(28,29)25-13-7-10-19(25)15-23-21(26)22(27)24-18-8-5-3-4-6-9-18/h11-12,14,18-19H,3-10,13,15H2,1-2H3,(H,23,26)(H,24,27)/t19-/m1/s1. The molecule has 1 aliphatic heterocycles. The van der Waals surface area contributed by atoms with E-state index >= 15 is 0 Å². The predicted molar refractivity (Wildman–Crippen MR) is 115 cm³/mol. The lowest BCUT2D eigenvalue weighted by atomic mass is 10.1. The van der Waals surface area contributed by atoms with Gasteiger partial charge in [0.05, 0.1) is 4.90 Å². The van der Waals surface area contributed by atoms with E-state index in [2.05, 4.69) is 10.6 Å². The Morgan fingerprint density at radius 2 is 1.70 bits per heavy atom. The number of rotatable bonds is 5. The Morgan fingerprint density at radius 1 is 1.00 bits per heavy atom. The Balaban J connectivity index is 1.60. The van der Waals surface area contributed by atoms with E-state index in [1.807, 2.05) is 19.1 Å². The van der Waals surface area contributed by atoms with Gasteiger partial charge in [0.25, 0.3) is 0 Å². The minimum absolute atomic E-state index is 0.0541. The Bertz CT molecular complexity index is 876. The smallest absolute Gasteiger partial charge is 0.309 e. The molecule has 8 heteroatoms. The maximum absolute atomic E-state index is 13.2. The summed E-state index contributed by atoms with van der Waals surface area (Å²) in [6, 6.07) is 5.11. The molecule has 3 rings (SSSR count). The molecule has 2 aliphatic rings. The van der Waals surface area contributed by atoms with E-state index in [1.54, 1.807) is 13.0 Å². The van der Waals surface area contributed by atoms with Crippen LogP contribution in [0.4, 0.5) is 0 Å². The average molecular weight is 436 g/mol. The van der Waals surface area contributed by atoms with Crippen molar-refractivity contribution in [3.8, 4) is 0 Å². The first kappa shape index (κ1) is 22.7. The molecule has 0 spiro atoms. The number of amides is 2. The van der Waals surface area contributed by atoms with E-state index in [9.17, 15) is 18.0 Å². The molecule has 0 aromatic heterocycles. The van der Waals surface area contributed by atoms with Crippen LogP contribution in [0.15, 0.2) is 23.1 Å². The second kappa shape index (κ2) is 9.92. The summed E-state index contributed by atoms with van der Waals surface area (Å²) in [6.45, 7) is 4.22. The van der Waals surface area contributed by atoms with Crippen molar-refractivity contribution in [2.45, 2.75) is 82.2 Å². The Kier molecular flexibility index (Phi) is 7.52. The number of benzene rings is 1. The zero-order chi connectivity index (χ0) is 21.7. The molecule has 0 unspecified atom stereocenters. The van der Waals surface area contributed by atoms with E-state index in [4.69, 9.17) is 0 Å². The SMILES string of the molecule is Cc1ccc(C)c(S(=O)(=O)N2CCC[C@@H]2CNC(=O)C(=O)NC2CCCCCC2)c1. The lowest BCUT2D eigenvalue weighted by molar-refractivity contribution is -0.139. The number of hydrogen-bond acceptors (Lipinski definition) is 4. The molecule has 166 valence electrons. The van der Waals surface area contributed by atoms with Gasteiger partial charge in [0, 0.05) is 25.2 Å². The fraction of sp³-hybridized carbons (Fsp3) is 0.636. The minimum atomic E-state index is -3.65. The van der Waals surface area contributed by atoms with Crippen LogP contribution in [0.2, 0.25) is 0 Å². The fourth-order valence-electron chi connectivity index (χ4n) is 4.41. The first-order valence-electron chi connectivity index (χ1n) is 11.0. The topological polar surface area (TPSA) is 95.6 Å². The number of nitrogens with one attached hydrogen (secondary N) is 2.